The number of hydrogen-bond acceptors (Lipinski definition) is 6. The van der Waals surface area contributed by atoms with Crippen LogP contribution in [0.25, 0.3) is 0 Å². The van der Waals surface area contributed by atoms with Gasteiger partial charge in [0.1, 0.15) is 5.75 Å². The highest BCUT2D eigenvalue weighted by Crippen LogP contribution is 2.34. The van der Waals surface area contributed by atoms with Crippen molar-refractivity contribution < 1.29 is 23.8 Å². The Morgan fingerprint density at radius 3 is 2.64 bits per heavy atom. The average molecular weight is 494 g/mol. The fraction of sp³-hybridized carbons (Fsp3) is 0.500. The first kappa shape index (κ1) is 24.4. The Morgan fingerprint density at radius 1 is 1.03 bits per heavy atom. The van der Waals surface area contributed by atoms with Crippen LogP contribution in [0.15, 0.2) is 30.3 Å². The van der Waals surface area contributed by atoms with E-state index >= 15 is 0 Å². The Kier molecular flexibility index (Phi) is 7.32. The van der Waals surface area contributed by atoms with E-state index in [0.717, 1.165) is 74.5 Å². The van der Waals surface area contributed by atoms with Gasteiger partial charge in [0.05, 0.1) is 26.7 Å². The Labute approximate surface area is 212 Å². The molecule has 192 valence electrons. The van der Waals surface area contributed by atoms with E-state index in [0.29, 0.717) is 31.0 Å². The number of piperidine rings is 1. The van der Waals surface area contributed by atoms with E-state index in [-0.39, 0.29) is 17.7 Å². The molecular formula is C28H35N3O5. The van der Waals surface area contributed by atoms with Gasteiger partial charge in [-0.15, -0.1) is 0 Å². The topological polar surface area (TPSA) is 80.3 Å². The van der Waals surface area contributed by atoms with Gasteiger partial charge in [-0.25, -0.2) is 0 Å². The van der Waals surface area contributed by atoms with Gasteiger partial charge in [-0.1, -0.05) is 0 Å². The fourth-order valence-corrected chi connectivity index (χ4v) is 5.55. The third-order valence-corrected chi connectivity index (χ3v) is 7.55. The lowest BCUT2D eigenvalue weighted by Gasteiger charge is -2.37. The first-order chi connectivity index (χ1) is 17.6. The molecule has 0 aliphatic carbocycles. The largest absolute Gasteiger partial charge is 0.493 e. The number of rotatable bonds is 7. The predicted molar refractivity (Wildman–Crippen MR) is 136 cm³/mol. The van der Waals surface area contributed by atoms with Crippen LogP contribution in [-0.4, -0.2) is 75.2 Å². The highest BCUT2D eigenvalue weighted by atomic mass is 16.5. The first-order valence-electron chi connectivity index (χ1n) is 12.8. The number of fused-ring (bicyclic) bond motifs is 2. The van der Waals surface area contributed by atoms with Crippen molar-refractivity contribution >= 4 is 11.8 Å². The van der Waals surface area contributed by atoms with Gasteiger partial charge in [0, 0.05) is 44.7 Å². The molecule has 2 aromatic carbocycles. The third kappa shape index (κ3) is 5.14. The van der Waals surface area contributed by atoms with Crippen LogP contribution in [0, 0.1) is 5.92 Å². The average Bonchev–Trinajstić information content (AvgIpc) is 3.39. The summed E-state index contributed by atoms with van der Waals surface area (Å²) in [6.45, 7) is 5.00. The minimum Gasteiger partial charge on any atom is -0.493 e. The number of nitrogens with one attached hydrogen (secondary N) is 1. The number of hydrogen-bond donors (Lipinski definition) is 1. The molecular weight excluding hydrogens is 458 g/mol. The number of amides is 2. The fourth-order valence-electron chi connectivity index (χ4n) is 5.55. The summed E-state index contributed by atoms with van der Waals surface area (Å²) in [6.07, 6.45) is 3.57. The normalized spacial score (nSPS) is 19.2. The number of nitrogens with zero attached hydrogens (tertiary/aromatic N) is 2. The van der Waals surface area contributed by atoms with Crippen molar-refractivity contribution in [2.45, 2.75) is 32.2 Å². The molecule has 0 saturated carbocycles. The highest BCUT2D eigenvalue weighted by Gasteiger charge is 2.31. The zero-order valence-corrected chi connectivity index (χ0v) is 21.2. The molecule has 1 atom stereocenters. The van der Waals surface area contributed by atoms with Gasteiger partial charge in [-0.2, -0.15) is 0 Å². The number of likely N-dealkylation sites (tertiary alicyclic amines) is 1. The van der Waals surface area contributed by atoms with Gasteiger partial charge >= 0.3 is 0 Å². The SMILES string of the molecule is COc1cc2c(cc1OC)CN(C(=O)C1CCCN(CCNC(=O)c3ccc4c(c3)CCO4)C1)CC2. The van der Waals surface area contributed by atoms with Gasteiger partial charge in [0.25, 0.3) is 5.91 Å². The van der Waals surface area contributed by atoms with Crippen molar-refractivity contribution in [1.82, 2.24) is 15.1 Å². The second-order valence-electron chi connectivity index (χ2n) is 9.80. The van der Waals surface area contributed by atoms with Crippen LogP contribution < -0.4 is 19.5 Å². The number of carbonyl (C=O) groups excluding carboxylic acids is 2. The van der Waals surface area contributed by atoms with E-state index in [4.69, 9.17) is 14.2 Å². The second-order valence-corrected chi connectivity index (χ2v) is 9.80. The second kappa shape index (κ2) is 10.8. The Hall–Kier alpha value is -3.26. The molecule has 1 N–H and O–H groups in total. The molecule has 3 aliphatic heterocycles. The smallest absolute Gasteiger partial charge is 0.251 e. The van der Waals surface area contributed by atoms with Crippen molar-refractivity contribution in [1.29, 1.82) is 0 Å². The zero-order valence-electron chi connectivity index (χ0n) is 21.2. The molecule has 2 aromatic rings. The van der Waals surface area contributed by atoms with E-state index in [1.165, 1.54) is 5.56 Å². The number of benzene rings is 2. The molecule has 8 heteroatoms. The van der Waals surface area contributed by atoms with Crippen molar-refractivity contribution in [3.8, 4) is 17.2 Å². The van der Waals surface area contributed by atoms with Crippen LogP contribution in [0.2, 0.25) is 0 Å². The molecule has 5 rings (SSSR count). The third-order valence-electron chi connectivity index (χ3n) is 7.55. The first-order valence-corrected chi connectivity index (χ1v) is 12.8. The van der Waals surface area contributed by atoms with Crippen LogP contribution in [0.3, 0.4) is 0 Å². The molecule has 36 heavy (non-hydrogen) atoms. The Bertz CT molecular complexity index is 1130. The quantitative estimate of drug-likeness (QED) is 0.639. The van der Waals surface area contributed by atoms with Crippen LogP contribution >= 0.6 is 0 Å². The maximum Gasteiger partial charge on any atom is 0.251 e. The predicted octanol–water partition coefficient (Wildman–Crippen LogP) is 2.67. The minimum absolute atomic E-state index is 0.00661. The minimum atomic E-state index is -0.0617. The van der Waals surface area contributed by atoms with Crippen molar-refractivity contribution in [2.75, 3.05) is 53.6 Å². The van der Waals surface area contributed by atoms with E-state index < -0.39 is 0 Å². The molecule has 0 bridgehead atoms. The van der Waals surface area contributed by atoms with Crippen molar-refractivity contribution in [2.24, 2.45) is 5.92 Å². The monoisotopic (exact) mass is 493 g/mol. The van der Waals surface area contributed by atoms with Crippen molar-refractivity contribution in [3.63, 3.8) is 0 Å². The molecule has 2 amide bonds. The van der Waals surface area contributed by atoms with E-state index in [2.05, 4.69) is 10.2 Å². The summed E-state index contributed by atoms with van der Waals surface area (Å²) in [4.78, 5) is 30.3. The van der Waals surface area contributed by atoms with Crippen LogP contribution in [0.5, 0.6) is 17.2 Å². The summed E-state index contributed by atoms with van der Waals surface area (Å²) >= 11 is 0. The molecule has 3 aliphatic rings. The van der Waals surface area contributed by atoms with Gasteiger partial charge in [0.15, 0.2) is 11.5 Å². The Morgan fingerprint density at radius 2 is 1.83 bits per heavy atom. The van der Waals surface area contributed by atoms with E-state index in [1.807, 2.05) is 35.2 Å². The van der Waals surface area contributed by atoms with Crippen molar-refractivity contribution in [3.05, 3.63) is 52.6 Å². The maximum atomic E-state index is 13.4. The lowest BCUT2D eigenvalue weighted by atomic mass is 9.93. The summed E-state index contributed by atoms with van der Waals surface area (Å²) in [5.41, 5.74) is 4.11. The summed E-state index contributed by atoms with van der Waals surface area (Å²) in [5, 5.41) is 3.04. The molecule has 0 radical (unpaired) electrons. The van der Waals surface area contributed by atoms with E-state index in [1.54, 1.807) is 14.2 Å². The van der Waals surface area contributed by atoms with Crippen LogP contribution in [0.1, 0.15) is 39.9 Å². The number of ether oxygens (including phenoxy) is 3. The number of carbonyl (C=O) groups is 2. The lowest BCUT2D eigenvalue weighted by molar-refractivity contribution is -0.138. The summed E-state index contributed by atoms with van der Waals surface area (Å²) < 4.78 is 16.4. The Balaban J connectivity index is 1.13. The molecule has 0 aromatic heterocycles. The molecule has 0 spiro atoms. The standard InChI is InChI=1S/C28H35N3O5/c1-34-25-15-19-7-11-31(18-23(19)16-26(25)35-2)28(33)22-4-3-10-30(17-22)12-9-29-27(32)21-5-6-24-20(14-21)8-13-36-24/h5-6,14-16,22H,3-4,7-13,17-18H2,1-2H3,(H,29,32). The van der Waals surface area contributed by atoms with Gasteiger partial charge in [0.2, 0.25) is 5.91 Å². The molecule has 1 saturated heterocycles. The van der Waals surface area contributed by atoms with Crippen LogP contribution in [-0.2, 0) is 24.2 Å². The molecule has 1 unspecified atom stereocenters. The summed E-state index contributed by atoms with van der Waals surface area (Å²) in [5.74, 6) is 2.47. The van der Waals surface area contributed by atoms with Gasteiger partial charge in [-0.05, 0) is 72.8 Å². The lowest BCUT2D eigenvalue weighted by Crippen LogP contribution is -2.47. The molecule has 3 heterocycles. The summed E-state index contributed by atoms with van der Waals surface area (Å²) in [6, 6.07) is 9.65. The molecule has 8 nitrogen and oxygen atoms in total. The van der Waals surface area contributed by atoms with Gasteiger partial charge < -0.3 is 29.3 Å². The number of methoxy groups -OCH3 is 2. The van der Waals surface area contributed by atoms with Gasteiger partial charge in [-0.3, -0.25) is 9.59 Å². The zero-order chi connectivity index (χ0) is 25.1. The summed E-state index contributed by atoms with van der Waals surface area (Å²) in [7, 11) is 3.28. The van der Waals surface area contributed by atoms with E-state index in [9.17, 15) is 9.59 Å². The maximum absolute atomic E-state index is 13.4. The molecule has 1 fully saturated rings. The highest BCUT2D eigenvalue weighted by molar-refractivity contribution is 5.94. The van der Waals surface area contributed by atoms with Crippen LogP contribution in [0.4, 0.5) is 0 Å².